The molecule has 4 N–H and O–H groups in total. The van der Waals surface area contributed by atoms with E-state index in [1.54, 1.807) is 23.5 Å². The van der Waals surface area contributed by atoms with Gasteiger partial charge in [0.2, 0.25) is 10.0 Å². The fourth-order valence-corrected chi connectivity index (χ4v) is 3.27. The number of hydrogen-bond acceptors (Lipinski definition) is 5. The minimum Gasteiger partial charge on any atom is -0.396 e. The number of nitrogen functional groups attached to an aromatic ring is 1. The van der Waals surface area contributed by atoms with Crippen molar-refractivity contribution in [1.82, 2.24) is 0 Å². The van der Waals surface area contributed by atoms with E-state index in [2.05, 4.69) is 0 Å². The Morgan fingerprint density at radius 2 is 2.00 bits per heavy atom. The minimum atomic E-state index is -3.80. The fraction of sp³-hybridized carbons (Fsp3) is 0.167. The van der Waals surface area contributed by atoms with Crippen LogP contribution in [0.25, 0.3) is 0 Å². The van der Waals surface area contributed by atoms with Crippen molar-refractivity contribution in [2.24, 2.45) is 5.14 Å². The molecule has 0 spiro atoms. The number of benzene rings is 1. The first-order chi connectivity index (χ1) is 8.89. The summed E-state index contributed by atoms with van der Waals surface area (Å²) < 4.78 is 22.9. The van der Waals surface area contributed by atoms with Gasteiger partial charge in [-0.3, -0.25) is 0 Å². The number of thiophene rings is 1. The van der Waals surface area contributed by atoms with E-state index in [9.17, 15) is 8.42 Å². The van der Waals surface area contributed by atoms with Crippen LogP contribution in [0.5, 0.6) is 0 Å². The van der Waals surface area contributed by atoms with Gasteiger partial charge in [-0.2, -0.15) is 0 Å². The number of nitrogens with two attached hydrogens (primary N) is 2. The van der Waals surface area contributed by atoms with Gasteiger partial charge in [0.05, 0.1) is 17.9 Å². The number of primary sulfonamides is 1. The van der Waals surface area contributed by atoms with Crippen molar-refractivity contribution in [2.45, 2.75) is 11.4 Å². The zero-order valence-electron chi connectivity index (χ0n) is 10.4. The summed E-state index contributed by atoms with van der Waals surface area (Å²) >= 11 is 1.64. The molecule has 0 saturated heterocycles. The van der Waals surface area contributed by atoms with Crippen molar-refractivity contribution in [3.8, 4) is 0 Å². The Bertz CT molecular complexity index is 666. The summed E-state index contributed by atoms with van der Waals surface area (Å²) in [6.45, 7) is 0.663. The lowest BCUT2D eigenvalue weighted by molar-refractivity contribution is 0.598. The topological polar surface area (TPSA) is 89.4 Å². The van der Waals surface area contributed by atoms with Crippen LogP contribution >= 0.6 is 11.3 Å². The van der Waals surface area contributed by atoms with E-state index < -0.39 is 10.0 Å². The largest absolute Gasteiger partial charge is 0.396 e. The predicted octanol–water partition coefficient (Wildman–Crippen LogP) is 1.61. The second-order valence-electron chi connectivity index (χ2n) is 4.17. The maximum atomic E-state index is 11.4. The van der Waals surface area contributed by atoms with E-state index in [-0.39, 0.29) is 10.6 Å². The molecule has 0 atom stereocenters. The van der Waals surface area contributed by atoms with E-state index >= 15 is 0 Å². The molecular weight excluding hydrogens is 282 g/mol. The molecule has 0 unspecified atom stereocenters. The summed E-state index contributed by atoms with van der Waals surface area (Å²) in [6.07, 6.45) is 0. The molecule has 1 aromatic heterocycles. The Morgan fingerprint density at radius 3 is 2.58 bits per heavy atom. The van der Waals surface area contributed by atoms with Gasteiger partial charge in [-0.15, -0.1) is 11.3 Å². The lowest BCUT2D eigenvalue weighted by Gasteiger charge is -2.21. The van der Waals surface area contributed by atoms with Crippen LogP contribution in [0.4, 0.5) is 11.4 Å². The highest BCUT2D eigenvalue weighted by Crippen LogP contribution is 2.29. The van der Waals surface area contributed by atoms with Gasteiger partial charge in [-0.25, -0.2) is 13.6 Å². The first-order valence-electron chi connectivity index (χ1n) is 5.54. The smallest absolute Gasteiger partial charge is 0.240 e. The maximum Gasteiger partial charge on any atom is 0.240 e. The standard InChI is InChI=1S/C12H15N3O2S2/c1-15(8-9-4-3-7-18-9)10-5-2-6-11(12(10)13)19(14,16)17/h2-7H,8,13H2,1H3,(H2,14,16,17). The van der Waals surface area contributed by atoms with Crippen molar-refractivity contribution in [3.63, 3.8) is 0 Å². The van der Waals surface area contributed by atoms with E-state index in [0.717, 1.165) is 0 Å². The SMILES string of the molecule is CN(Cc1cccs1)c1cccc(S(N)(=O)=O)c1N. The molecule has 0 aliphatic heterocycles. The highest BCUT2D eigenvalue weighted by atomic mass is 32.2. The molecule has 7 heteroatoms. The van der Waals surface area contributed by atoms with Crippen molar-refractivity contribution in [1.29, 1.82) is 0 Å². The van der Waals surface area contributed by atoms with Gasteiger partial charge in [0, 0.05) is 11.9 Å². The Balaban J connectivity index is 2.35. The van der Waals surface area contributed by atoms with Gasteiger partial charge in [0.25, 0.3) is 0 Å². The molecule has 2 rings (SSSR count). The molecule has 0 amide bonds. The van der Waals surface area contributed by atoms with Gasteiger partial charge in [-0.05, 0) is 23.6 Å². The molecule has 0 aliphatic carbocycles. The number of anilines is 2. The molecule has 1 aromatic carbocycles. The molecule has 19 heavy (non-hydrogen) atoms. The average molecular weight is 297 g/mol. The van der Waals surface area contributed by atoms with Crippen LogP contribution in [-0.4, -0.2) is 15.5 Å². The number of para-hydroxylation sites is 1. The van der Waals surface area contributed by atoms with E-state index in [1.807, 2.05) is 29.5 Å². The van der Waals surface area contributed by atoms with Crippen LogP contribution in [-0.2, 0) is 16.6 Å². The highest BCUT2D eigenvalue weighted by molar-refractivity contribution is 7.89. The van der Waals surface area contributed by atoms with Crippen molar-refractivity contribution in [2.75, 3.05) is 17.7 Å². The van der Waals surface area contributed by atoms with Crippen LogP contribution in [0.2, 0.25) is 0 Å². The molecule has 5 nitrogen and oxygen atoms in total. The van der Waals surface area contributed by atoms with Crippen molar-refractivity contribution >= 4 is 32.7 Å². The third-order valence-electron chi connectivity index (χ3n) is 2.73. The minimum absolute atomic E-state index is 0.0389. The monoisotopic (exact) mass is 297 g/mol. The van der Waals surface area contributed by atoms with Gasteiger partial charge >= 0.3 is 0 Å². The predicted molar refractivity (Wildman–Crippen MR) is 78.7 cm³/mol. The number of rotatable bonds is 4. The van der Waals surface area contributed by atoms with E-state index in [1.165, 1.54) is 10.9 Å². The summed E-state index contributed by atoms with van der Waals surface area (Å²) in [4.78, 5) is 3.03. The third-order valence-corrected chi connectivity index (χ3v) is 4.56. The average Bonchev–Trinajstić information content (AvgIpc) is 2.80. The molecular formula is C12H15N3O2S2. The molecule has 1 heterocycles. The quantitative estimate of drug-likeness (QED) is 0.839. The molecule has 0 fully saturated rings. The lowest BCUT2D eigenvalue weighted by atomic mass is 10.2. The van der Waals surface area contributed by atoms with Crippen LogP contribution in [0.15, 0.2) is 40.6 Å². The first kappa shape index (κ1) is 13.9. The maximum absolute atomic E-state index is 11.4. The van der Waals surface area contributed by atoms with Crippen LogP contribution in [0, 0.1) is 0 Å². The van der Waals surface area contributed by atoms with Gasteiger partial charge < -0.3 is 10.6 Å². The number of nitrogens with zero attached hydrogens (tertiary/aromatic N) is 1. The zero-order valence-corrected chi connectivity index (χ0v) is 12.0. The third kappa shape index (κ3) is 3.06. The summed E-state index contributed by atoms with van der Waals surface area (Å²) in [5, 5.41) is 7.13. The second-order valence-corrected chi connectivity index (χ2v) is 6.73. The lowest BCUT2D eigenvalue weighted by Crippen LogP contribution is -2.20. The Hall–Kier alpha value is -1.57. The zero-order chi connectivity index (χ0) is 14.0. The second kappa shape index (κ2) is 5.20. The van der Waals surface area contributed by atoms with Crippen LogP contribution in [0.1, 0.15) is 4.88 Å². The summed E-state index contributed by atoms with van der Waals surface area (Å²) in [5.74, 6) is 0. The molecule has 102 valence electrons. The Labute approximate surface area is 116 Å². The molecule has 0 aliphatic rings. The van der Waals surface area contributed by atoms with E-state index in [4.69, 9.17) is 10.9 Å². The summed E-state index contributed by atoms with van der Waals surface area (Å²) in [6, 6.07) is 8.81. The van der Waals surface area contributed by atoms with Gasteiger partial charge in [0.15, 0.2) is 0 Å². The highest BCUT2D eigenvalue weighted by Gasteiger charge is 2.16. The number of sulfonamides is 1. The molecule has 0 radical (unpaired) electrons. The van der Waals surface area contributed by atoms with Crippen molar-refractivity contribution in [3.05, 3.63) is 40.6 Å². The first-order valence-corrected chi connectivity index (χ1v) is 7.97. The van der Waals surface area contributed by atoms with E-state index in [0.29, 0.717) is 12.2 Å². The summed E-state index contributed by atoms with van der Waals surface area (Å²) in [7, 11) is -1.94. The molecule has 0 saturated carbocycles. The Kier molecular flexibility index (Phi) is 3.79. The summed E-state index contributed by atoms with van der Waals surface area (Å²) in [5.41, 5.74) is 6.74. The van der Waals surface area contributed by atoms with Crippen LogP contribution in [0.3, 0.4) is 0 Å². The normalized spacial score (nSPS) is 11.5. The van der Waals surface area contributed by atoms with Gasteiger partial charge in [0.1, 0.15) is 4.90 Å². The Morgan fingerprint density at radius 1 is 1.26 bits per heavy atom. The molecule has 0 bridgehead atoms. The van der Waals surface area contributed by atoms with Crippen LogP contribution < -0.4 is 15.8 Å². The van der Waals surface area contributed by atoms with Crippen molar-refractivity contribution < 1.29 is 8.42 Å². The fourth-order valence-electron chi connectivity index (χ4n) is 1.83. The molecule has 2 aromatic rings. The number of hydrogen-bond donors (Lipinski definition) is 2. The van der Waals surface area contributed by atoms with Gasteiger partial charge in [-0.1, -0.05) is 12.1 Å².